The Morgan fingerprint density at radius 3 is 3.00 bits per heavy atom. The van der Waals surface area contributed by atoms with Crippen molar-refractivity contribution in [3.05, 3.63) is 35.2 Å². The van der Waals surface area contributed by atoms with Crippen LogP contribution in [0.2, 0.25) is 0 Å². The second-order valence-corrected chi connectivity index (χ2v) is 3.42. The monoisotopic (exact) mass is 190 g/mol. The molecule has 0 saturated carbocycles. The fourth-order valence-electron chi connectivity index (χ4n) is 1.19. The molecule has 13 heavy (non-hydrogen) atoms. The third kappa shape index (κ3) is 1.70. The summed E-state index contributed by atoms with van der Waals surface area (Å²) in [5.74, 6) is 0. The Kier molecular flexibility index (Phi) is 2.27. The molecule has 0 aliphatic rings. The molecule has 0 fully saturated rings. The Labute approximate surface area is 81.3 Å². The number of thiazole rings is 1. The van der Waals surface area contributed by atoms with Crippen LogP contribution >= 0.6 is 11.3 Å². The van der Waals surface area contributed by atoms with Crippen molar-refractivity contribution in [1.29, 1.82) is 0 Å². The SMILES string of the molecule is CNc1cccc(-c2cscn2)c1. The van der Waals surface area contributed by atoms with Gasteiger partial charge in [-0.1, -0.05) is 12.1 Å². The minimum absolute atomic E-state index is 1.04. The second kappa shape index (κ2) is 3.58. The zero-order valence-corrected chi connectivity index (χ0v) is 8.14. The van der Waals surface area contributed by atoms with Gasteiger partial charge in [0.1, 0.15) is 0 Å². The van der Waals surface area contributed by atoms with Gasteiger partial charge >= 0.3 is 0 Å². The number of rotatable bonds is 2. The van der Waals surface area contributed by atoms with Crippen molar-refractivity contribution >= 4 is 17.0 Å². The minimum atomic E-state index is 1.04. The van der Waals surface area contributed by atoms with Crippen molar-refractivity contribution in [2.24, 2.45) is 0 Å². The number of benzene rings is 1. The third-order valence-electron chi connectivity index (χ3n) is 1.88. The summed E-state index contributed by atoms with van der Waals surface area (Å²) >= 11 is 1.62. The molecule has 2 nitrogen and oxygen atoms in total. The van der Waals surface area contributed by atoms with Gasteiger partial charge in [-0.05, 0) is 12.1 Å². The summed E-state index contributed by atoms with van der Waals surface area (Å²) in [6.07, 6.45) is 0. The largest absolute Gasteiger partial charge is 0.388 e. The average Bonchev–Trinajstić information content (AvgIpc) is 2.71. The van der Waals surface area contributed by atoms with Crippen LogP contribution in [-0.4, -0.2) is 12.0 Å². The molecule has 1 N–H and O–H groups in total. The van der Waals surface area contributed by atoms with Gasteiger partial charge in [-0.15, -0.1) is 11.3 Å². The molecule has 0 unspecified atom stereocenters. The molecule has 0 saturated heterocycles. The molecule has 1 heterocycles. The number of nitrogens with one attached hydrogen (secondary N) is 1. The summed E-state index contributed by atoms with van der Waals surface area (Å²) in [6, 6.07) is 8.22. The zero-order chi connectivity index (χ0) is 9.10. The molecule has 0 atom stereocenters. The number of hydrogen-bond acceptors (Lipinski definition) is 3. The van der Waals surface area contributed by atoms with Crippen LogP contribution in [0.4, 0.5) is 5.69 Å². The van der Waals surface area contributed by atoms with Gasteiger partial charge in [0.25, 0.3) is 0 Å². The maximum absolute atomic E-state index is 4.25. The molecule has 0 radical (unpaired) electrons. The third-order valence-corrected chi connectivity index (χ3v) is 2.47. The molecule has 2 rings (SSSR count). The number of nitrogens with zero attached hydrogens (tertiary/aromatic N) is 1. The molecule has 0 aliphatic carbocycles. The maximum Gasteiger partial charge on any atom is 0.0811 e. The number of anilines is 1. The maximum atomic E-state index is 4.25. The topological polar surface area (TPSA) is 24.9 Å². The van der Waals surface area contributed by atoms with Gasteiger partial charge in [-0.3, -0.25) is 0 Å². The van der Waals surface area contributed by atoms with Gasteiger partial charge in [0.05, 0.1) is 11.2 Å². The summed E-state index contributed by atoms with van der Waals surface area (Å²) < 4.78 is 0. The molecule has 1 aromatic carbocycles. The normalized spacial score (nSPS) is 9.92. The highest BCUT2D eigenvalue weighted by Gasteiger charge is 1.99. The minimum Gasteiger partial charge on any atom is -0.388 e. The van der Waals surface area contributed by atoms with E-state index in [2.05, 4.69) is 27.8 Å². The standard InChI is InChI=1S/C10H10N2S/c1-11-9-4-2-3-8(5-9)10-6-13-7-12-10/h2-7,11H,1H3. The number of aromatic nitrogens is 1. The van der Waals surface area contributed by atoms with Crippen molar-refractivity contribution in [2.75, 3.05) is 12.4 Å². The van der Waals surface area contributed by atoms with Crippen LogP contribution in [0.15, 0.2) is 35.2 Å². The molecule has 66 valence electrons. The van der Waals surface area contributed by atoms with Crippen LogP contribution in [0.25, 0.3) is 11.3 Å². The van der Waals surface area contributed by atoms with E-state index in [1.54, 1.807) is 11.3 Å². The quantitative estimate of drug-likeness (QED) is 0.787. The predicted octanol–water partition coefficient (Wildman–Crippen LogP) is 2.85. The van der Waals surface area contributed by atoms with Crippen molar-refractivity contribution in [2.45, 2.75) is 0 Å². The lowest BCUT2D eigenvalue weighted by molar-refractivity contribution is 1.40. The van der Waals surface area contributed by atoms with Crippen LogP contribution in [0.5, 0.6) is 0 Å². The lowest BCUT2D eigenvalue weighted by atomic mass is 10.1. The van der Waals surface area contributed by atoms with Gasteiger partial charge in [-0.2, -0.15) is 0 Å². The van der Waals surface area contributed by atoms with Gasteiger partial charge < -0.3 is 5.32 Å². The molecular weight excluding hydrogens is 180 g/mol. The molecule has 2 aromatic rings. The fourth-order valence-corrected chi connectivity index (χ4v) is 1.75. The van der Waals surface area contributed by atoms with E-state index in [9.17, 15) is 0 Å². The Morgan fingerprint density at radius 2 is 2.31 bits per heavy atom. The molecule has 0 spiro atoms. The Hall–Kier alpha value is -1.35. The predicted molar refractivity (Wildman–Crippen MR) is 57.1 cm³/mol. The van der Waals surface area contributed by atoms with Crippen molar-refractivity contribution in [3.8, 4) is 11.3 Å². The van der Waals surface area contributed by atoms with E-state index >= 15 is 0 Å². The highest BCUT2D eigenvalue weighted by Crippen LogP contribution is 2.21. The van der Waals surface area contributed by atoms with E-state index < -0.39 is 0 Å². The zero-order valence-electron chi connectivity index (χ0n) is 7.32. The summed E-state index contributed by atoms with van der Waals surface area (Å²) in [7, 11) is 1.92. The second-order valence-electron chi connectivity index (χ2n) is 2.70. The first-order valence-corrected chi connectivity index (χ1v) is 5.01. The summed E-state index contributed by atoms with van der Waals surface area (Å²) in [5, 5.41) is 5.16. The first-order chi connectivity index (χ1) is 6.40. The molecular formula is C10H10N2S. The van der Waals surface area contributed by atoms with Crippen LogP contribution in [-0.2, 0) is 0 Å². The van der Waals surface area contributed by atoms with E-state index in [1.807, 2.05) is 24.7 Å². The van der Waals surface area contributed by atoms with Crippen molar-refractivity contribution < 1.29 is 0 Å². The van der Waals surface area contributed by atoms with E-state index in [4.69, 9.17) is 0 Å². The smallest absolute Gasteiger partial charge is 0.0811 e. The lowest BCUT2D eigenvalue weighted by Gasteiger charge is -2.01. The number of hydrogen-bond donors (Lipinski definition) is 1. The fraction of sp³-hybridized carbons (Fsp3) is 0.100. The van der Waals surface area contributed by atoms with Crippen molar-refractivity contribution in [1.82, 2.24) is 4.98 Å². The van der Waals surface area contributed by atoms with E-state index in [0.717, 1.165) is 16.9 Å². The first-order valence-electron chi connectivity index (χ1n) is 4.06. The Morgan fingerprint density at radius 1 is 1.38 bits per heavy atom. The van der Waals surface area contributed by atoms with Crippen LogP contribution < -0.4 is 5.32 Å². The van der Waals surface area contributed by atoms with Gasteiger partial charge in [0.15, 0.2) is 0 Å². The highest BCUT2D eigenvalue weighted by molar-refractivity contribution is 7.07. The first kappa shape index (κ1) is 8.26. The lowest BCUT2D eigenvalue weighted by Crippen LogP contribution is -1.87. The molecule has 0 aliphatic heterocycles. The van der Waals surface area contributed by atoms with Gasteiger partial charge in [0.2, 0.25) is 0 Å². The molecule has 0 amide bonds. The van der Waals surface area contributed by atoms with E-state index in [0.29, 0.717) is 0 Å². The Balaban J connectivity index is 2.41. The average molecular weight is 190 g/mol. The molecule has 0 bridgehead atoms. The summed E-state index contributed by atoms with van der Waals surface area (Å²) in [5.41, 5.74) is 5.17. The highest BCUT2D eigenvalue weighted by atomic mass is 32.1. The Bertz CT molecular complexity index is 382. The van der Waals surface area contributed by atoms with Crippen LogP contribution in [0.1, 0.15) is 0 Å². The van der Waals surface area contributed by atoms with E-state index in [-0.39, 0.29) is 0 Å². The van der Waals surface area contributed by atoms with E-state index in [1.165, 1.54) is 0 Å². The van der Waals surface area contributed by atoms with Crippen LogP contribution in [0.3, 0.4) is 0 Å². The molecule has 3 heteroatoms. The van der Waals surface area contributed by atoms with Crippen molar-refractivity contribution in [3.63, 3.8) is 0 Å². The van der Waals surface area contributed by atoms with Gasteiger partial charge in [-0.25, -0.2) is 4.98 Å². The molecule has 1 aromatic heterocycles. The summed E-state index contributed by atoms with van der Waals surface area (Å²) in [4.78, 5) is 4.25. The van der Waals surface area contributed by atoms with Crippen LogP contribution in [0, 0.1) is 0 Å². The summed E-state index contributed by atoms with van der Waals surface area (Å²) in [6.45, 7) is 0. The van der Waals surface area contributed by atoms with Gasteiger partial charge in [0, 0.05) is 23.7 Å².